The van der Waals surface area contributed by atoms with E-state index in [4.69, 9.17) is 16.2 Å². The summed E-state index contributed by atoms with van der Waals surface area (Å²) in [5.41, 5.74) is 0. The highest BCUT2D eigenvalue weighted by atomic mass is 28.4. The average molecular weight is 307 g/mol. The summed E-state index contributed by atoms with van der Waals surface area (Å²) >= 11 is 0. The van der Waals surface area contributed by atoms with Crippen LogP contribution in [0.15, 0.2) is 0 Å². The number of alkyl halides is 5. The molecule has 0 amide bonds. The van der Waals surface area contributed by atoms with Gasteiger partial charge in [-0.3, -0.25) is 0 Å². The molecular formula is C10H22F5N3Si. The van der Waals surface area contributed by atoms with E-state index in [2.05, 4.69) is 0 Å². The van der Waals surface area contributed by atoms with Crippen molar-refractivity contribution in [1.29, 1.82) is 0 Å². The predicted molar refractivity (Wildman–Crippen MR) is 66.4 cm³/mol. The molecule has 0 rings (SSSR count). The van der Waals surface area contributed by atoms with E-state index in [0.717, 1.165) is 19.3 Å². The lowest BCUT2D eigenvalue weighted by atomic mass is 10.1. The van der Waals surface area contributed by atoms with Crippen molar-refractivity contribution in [3.8, 4) is 0 Å². The highest BCUT2D eigenvalue weighted by Crippen LogP contribution is 2.39. The van der Waals surface area contributed by atoms with Gasteiger partial charge in [-0.15, -0.1) is 0 Å². The minimum atomic E-state index is -5.44. The predicted octanol–water partition coefficient (Wildman–Crippen LogP) is 2.73. The Kier molecular flexibility index (Phi) is 7.41. The van der Waals surface area contributed by atoms with Crippen molar-refractivity contribution in [3.05, 3.63) is 0 Å². The van der Waals surface area contributed by atoms with Crippen molar-refractivity contribution in [3.63, 3.8) is 0 Å². The number of hydrogen-bond donors (Lipinski definition) is 3. The first-order valence-corrected chi connectivity index (χ1v) is 8.71. The van der Waals surface area contributed by atoms with Crippen LogP contribution in [0.2, 0.25) is 6.04 Å². The standard InChI is InChI=1S/C10H22F5N3Si/c11-9(12,10(13,14)15)7-5-3-1-2-4-6-8-19(16,17)18/h1-8,16-18H2. The van der Waals surface area contributed by atoms with Gasteiger partial charge in [0.1, 0.15) is 0 Å². The summed E-state index contributed by atoms with van der Waals surface area (Å²) < 4.78 is 60.6. The van der Waals surface area contributed by atoms with Gasteiger partial charge < -0.3 is 16.2 Å². The second-order valence-corrected chi connectivity index (χ2v) is 7.66. The second-order valence-electron chi connectivity index (χ2n) is 4.94. The Hall–Kier alpha value is -0.253. The maximum atomic E-state index is 12.5. The van der Waals surface area contributed by atoms with Crippen LogP contribution >= 0.6 is 0 Å². The first kappa shape index (κ1) is 18.7. The van der Waals surface area contributed by atoms with E-state index >= 15 is 0 Å². The molecule has 0 radical (unpaired) electrons. The molecule has 0 aromatic carbocycles. The molecule has 0 saturated carbocycles. The smallest absolute Gasteiger partial charge is 0.327 e. The van der Waals surface area contributed by atoms with Crippen LogP contribution < -0.4 is 16.2 Å². The summed E-state index contributed by atoms with van der Waals surface area (Å²) in [6.45, 7) is 0. The van der Waals surface area contributed by atoms with E-state index in [-0.39, 0.29) is 6.42 Å². The van der Waals surface area contributed by atoms with E-state index in [0.29, 0.717) is 18.9 Å². The van der Waals surface area contributed by atoms with Crippen molar-refractivity contribution < 1.29 is 22.0 Å². The quantitative estimate of drug-likeness (QED) is 0.348. The molecule has 0 aromatic rings. The number of rotatable bonds is 9. The third-order valence-electron chi connectivity index (χ3n) is 2.77. The Bertz CT molecular complexity index is 253. The van der Waals surface area contributed by atoms with E-state index in [1.807, 2.05) is 0 Å². The SMILES string of the molecule is N[Si](N)(N)CCCCCCCCC(F)(F)C(F)(F)F. The summed E-state index contributed by atoms with van der Waals surface area (Å²) in [4.78, 5) is 0. The van der Waals surface area contributed by atoms with Crippen LogP contribution in [0.5, 0.6) is 0 Å². The van der Waals surface area contributed by atoms with Crippen molar-refractivity contribution >= 4 is 8.56 Å². The Morgan fingerprint density at radius 1 is 0.684 bits per heavy atom. The third-order valence-corrected chi connectivity index (χ3v) is 3.98. The van der Waals surface area contributed by atoms with Crippen LogP contribution in [0.1, 0.15) is 44.9 Å². The van der Waals surface area contributed by atoms with Crippen LogP contribution in [0.25, 0.3) is 0 Å². The van der Waals surface area contributed by atoms with E-state index in [1.54, 1.807) is 0 Å². The van der Waals surface area contributed by atoms with Crippen molar-refractivity contribution in [2.24, 2.45) is 16.2 Å². The second kappa shape index (κ2) is 7.51. The molecule has 9 heteroatoms. The summed E-state index contributed by atoms with van der Waals surface area (Å²) in [5.74, 6) is -4.57. The maximum absolute atomic E-state index is 12.5. The molecule has 0 heterocycles. The zero-order chi connectivity index (χ0) is 15.2. The molecule has 0 fully saturated rings. The Labute approximate surface area is 110 Å². The number of halogens is 5. The molecule has 3 nitrogen and oxygen atoms in total. The third kappa shape index (κ3) is 9.31. The van der Waals surface area contributed by atoms with E-state index in [9.17, 15) is 22.0 Å². The highest BCUT2D eigenvalue weighted by molar-refractivity contribution is 6.70. The van der Waals surface area contributed by atoms with Crippen molar-refractivity contribution in [1.82, 2.24) is 0 Å². The molecule has 0 atom stereocenters. The number of nitrogens with two attached hydrogens (primary N) is 3. The van der Waals surface area contributed by atoms with Crippen molar-refractivity contribution in [2.75, 3.05) is 0 Å². The van der Waals surface area contributed by atoms with Gasteiger partial charge in [0.05, 0.1) is 0 Å². The van der Waals surface area contributed by atoms with Gasteiger partial charge in [0.15, 0.2) is 0 Å². The van der Waals surface area contributed by atoms with Crippen molar-refractivity contribution in [2.45, 2.75) is 63.1 Å². The zero-order valence-corrected chi connectivity index (χ0v) is 11.8. The van der Waals surface area contributed by atoms with Gasteiger partial charge in [0, 0.05) is 6.42 Å². The van der Waals surface area contributed by atoms with Crippen LogP contribution in [-0.4, -0.2) is 20.7 Å². The Balaban J connectivity index is 3.52. The first-order valence-electron chi connectivity index (χ1n) is 6.27. The van der Waals surface area contributed by atoms with Crippen LogP contribution in [0.3, 0.4) is 0 Å². The molecule has 0 aliphatic rings. The summed E-state index contributed by atoms with van der Waals surface area (Å²) in [6, 6.07) is 0.582. The highest BCUT2D eigenvalue weighted by Gasteiger charge is 2.56. The fourth-order valence-corrected chi connectivity index (χ4v) is 2.49. The Morgan fingerprint density at radius 2 is 1.11 bits per heavy atom. The lowest BCUT2D eigenvalue weighted by molar-refractivity contribution is -0.284. The summed E-state index contributed by atoms with van der Waals surface area (Å²) in [7, 11) is -2.50. The molecule has 0 aromatic heterocycles. The molecule has 0 aliphatic carbocycles. The molecule has 6 N–H and O–H groups in total. The van der Waals surface area contributed by atoms with Gasteiger partial charge in [-0.2, -0.15) is 22.0 Å². The Morgan fingerprint density at radius 3 is 1.53 bits per heavy atom. The largest absolute Gasteiger partial charge is 0.453 e. The van der Waals surface area contributed by atoms with E-state index in [1.165, 1.54) is 0 Å². The van der Waals surface area contributed by atoms with Crippen LogP contribution in [0.4, 0.5) is 22.0 Å². The first-order chi connectivity index (χ1) is 8.46. The molecule has 0 spiro atoms. The molecule has 0 bridgehead atoms. The maximum Gasteiger partial charge on any atom is 0.453 e. The lowest BCUT2D eigenvalue weighted by Crippen LogP contribution is -2.64. The number of hydrogen-bond acceptors (Lipinski definition) is 3. The molecular weight excluding hydrogens is 285 g/mol. The zero-order valence-electron chi connectivity index (χ0n) is 10.8. The van der Waals surface area contributed by atoms with Gasteiger partial charge in [0.25, 0.3) is 8.56 Å². The van der Waals surface area contributed by atoms with Gasteiger partial charge in [-0.05, 0) is 12.5 Å². The van der Waals surface area contributed by atoms with Gasteiger partial charge in [-0.1, -0.05) is 32.1 Å². The topological polar surface area (TPSA) is 78.1 Å². The molecule has 116 valence electrons. The van der Waals surface area contributed by atoms with Gasteiger partial charge in [0.2, 0.25) is 0 Å². The normalized spacial score (nSPS) is 13.9. The van der Waals surface area contributed by atoms with Crippen LogP contribution in [-0.2, 0) is 0 Å². The molecule has 19 heavy (non-hydrogen) atoms. The average Bonchev–Trinajstić information content (AvgIpc) is 2.18. The fraction of sp³-hybridized carbons (Fsp3) is 1.00. The van der Waals surface area contributed by atoms with Crippen LogP contribution in [0, 0.1) is 0 Å². The summed E-state index contributed by atoms with van der Waals surface area (Å²) in [6.07, 6.45) is -3.36. The minimum absolute atomic E-state index is 0.129. The molecule has 0 aliphatic heterocycles. The number of unbranched alkanes of at least 4 members (excludes halogenated alkanes) is 5. The lowest BCUT2D eigenvalue weighted by Gasteiger charge is -2.19. The van der Waals surface area contributed by atoms with E-state index < -0.39 is 27.1 Å². The molecule has 0 unspecified atom stereocenters. The molecule has 0 saturated heterocycles. The monoisotopic (exact) mass is 307 g/mol. The van der Waals surface area contributed by atoms with Gasteiger partial charge in [-0.25, -0.2) is 0 Å². The fourth-order valence-electron chi connectivity index (χ4n) is 1.63. The van der Waals surface area contributed by atoms with Gasteiger partial charge >= 0.3 is 12.1 Å². The summed E-state index contributed by atoms with van der Waals surface area (Å²) in [5, 5.41) is 16.5. The minimum Gasteiger partial charge on any atom is -0.327 e.